The van der Waals surface area contributed by atoms with Gasteiger partial charge in [-0.2, -0.15) is 0 Å². The van der Waals surface area contributed by atoms with Crippen LogP contribution in [-0.2, 0) is 0 Å². The molecule has 1 aromatic carbocycles. The lowest BCUT2D eigenvalue weighted by molar-refractivity contribution is 0.251. The third-order valence-electron chi connectivity index (χ3n) is 4.05. The number of rotatable bonds is 4. The minimum Gasteiger partial charge on any atom is -0.330 e. The van der Waals surface area contributed by atoms with Gasteiger partial charge in [-0.1, -0.05) is 30.7 Å². The van der Waals surface area contributed by atoms with E-state index < -0.39 is 0 Å². The van der Waals surface area contributed by atoms with Crippen LogP contribution in [0.25, 0.3) is 0 Å². The van der Waals surface area contributed by atoms with Crippen molar-refractivity contribution >= 4 is 24.0 Å². The molecule has 19 heavy (non-hydrogen) atoms. The van der Waals surface area contributed by atoms with Gasteiger partial charge in [-0.3, -0.25) is 4.90 Å². The van der Waals surface area contributed by atoms with E-state index in [-0.39, 0.29) is 12.4 Å². The molecule has 0 amide bonds. The van der Waals surface area contributed by atoms with E-state index >= 15 is 0 Å². The summed E-state index contributed by atoms with van der Waals surface area (Å²) in [5, 5.41) is 0.827. The number of hydrogen-bond donors (Lipinski definition) is 1. The zero-order valence-electron chi connectivity index (χ0n) is 11.7. The number of likely N-dealkylation sites (tertiary alicyclic amines) is 1. The highest BCUT2D eigenvalue weighted by Crippen LogP contribution is 2.26. The van der Waals surface area contributed by atoms with Gasteiger partial charge >= 0.3 is 0 Å². The van der Waals surface area contributed by atoms with Crippen molar-refractivity contribution in [1.29, 1.82) is 0 Å². The first kappa shape index (κ1) is 16.8. The van der Waals surface area contributed by atoms with Crippen LogP contribution >= 0.6 is 24.0 Å². The molecule has 0 spiro atoms. The fourth-order valence-electron chi connectivity index (χ4n) is 2.91. The maximum absolute atomic E-state index is 6.05. The Kier molecular flexibility index (Phi) is 6.61. The molecule has 2 nitrogen and oxygen atoms in total. The second-order valence-corrected chi connectivity index (χ2v) is 6.03. The van der Waals surface area contributed by atoms with Crippen LogP contribution in [0, 0.1) is 5.92 Å². The van der Waals surface area contributed by atoms with E-state index in [2.05, 4.69) is 30.9 Å². The van der Waals surface area contributed by atoms with Crippen LogP contribution in [0.4, 0.5) is 0 Å². The van der Waals surface area contributed by atoms with E-state index in [1.54, 1.807) is 0 Å². The molecule has 2 rings (SSSR count). The highest BCUT2D eigenvalue weighted by atomic mass is 35.5. The number of halogens is 2. The quantitative estimate of drug-likeness (QED) is 0.922. The van der Waals surface area contributed by atoms with Gasteiger partial charge in [-0.05, 0) is 49.4 Å². The van der Waals surface area contributed by atoms with Gasteiger partial charge in [-0.15, -0.1) is 12.4 Å². The van der Waals surface area contributed by atoms with Gasteiger partial charge in [-0.25, -0.2) is 0 Å². The monoisotopic (exact) mass is 302 g/mol. The molecule has 3 atom stereocenters. The van der Waals surface area contributed by atoms with Crippen LogP contribution in [0.15, 0.2) is 24.3 Å². The Morgan fingerprint density at radius 2 is 2.21 bits per heavy atom. The summed E-state index contributed by atoms with van der Waals surface area (Å²) < 4.78 is 0. The van der Waals surface area contributed by atoms with Crippen LogP contribution in [-0.4, -0.2) is 30.6 Å². The molecule has 3 unspecified atom stereocenters. The summed E-state index contributed by atoms with van der Waals surface area (Å²) in [6.45, 7) is 7.63. The largest absolute Gasteiger partial charge is 0.330 e. The van der Waals surface area contributed by atoms with E-state index in [9.17, 15) is 0 Å². The first-order chi connectivity index (χ1) is 8.60. The zero-order chi connectivity index (χ0) is 13.1. The fraction of sp³-hybridized carbons (Fsp3) is 0.600. The molecule has 1 aliphatic heterocycles. The molecule has 1 saturated heterocycles. The van der Waals surface area contributed by atoms with Crippen molar-refractivity contribution < 1.29 is 0 Å². The van der Waals surface area contributed by atoms with Gasteiger partial charge < -0.3 is 5.73 Å². The molecule has 2 N–H and O–H groups in total. The lowest BCUT2D eigenvalue weighted by atomic mass is 10.0. The summed E-state index contributed by atoms with van der Waals surface area (Å²) in [5.74, 6) is 1.19. The SMILES string of the molecule is CC(CN1CC(CN)CC1C)c1cccc(Cl)c1.Cl. The summed E-state index contributed by atoms with van der Waals surface area (Å²) in [5.41, 5.74) is 7.10. The van der Waals surface area contributed by atoms with E-state index in [0.717, 1.165) is 24.7 Å². The normalized spacial score (nSPS) is 25.1. The smallest absolute Gasteiger partial charge is 0.0408 e. The molecule has 1 heterocycles. The Morgan fingerprint density at radius 3 is 2.79 bits per heavy atom. The lowest BCUT2D eigenvalue weighted by Gasteiger charge is -2.25. The highest BCUT2D eigenvalue weighted by Gasteiger charge is 2.28. The Balaban J connectivity index is 0.00000180. The van der Waals surface area contributed by atoms with Gasteiger partial charge in [0.1, 0.15) is 0 Å². The molecular weight excluding hydrogens is 279 g/mol. The lowest BCUT2D eigenvalue weighted by Crippen LogP contribution is -2.31. The molecule has 0 aromatic heterocycles. The highest BCUT2D eigenvalue weighted by molar-refractivity contribution is 6.30. The second kappa shape index (κ2) is 7.49. The van der Waals surface area contributed by atoms with Gasteiger partial charge in [0.25, 0.3) is 0 Å². The Hall–Kier alpha value is -0.280. The van der Waals surface area contributed by atoms with Gasteiger partial charge in [0.05, 0.1) is 0 Å². The Morgan fingerprint density at radius 1 is 1.47 bits per heavy atom. The minimum atomic E-state index is 0. The molecule has 0 radical (unpaired) electrons. The van der Waals surface area contributed by atoms with Gasteiger partial charge in [0, 0.05) is 24.2 Å². The fourth-order valence-corrected chi connectivity index (χ4v) is 3.11. The number of nitrogens with zero attached hydrogens (tertiary/aromatic N) is 1. The topological polar surface area (TPSA) is 29.3 Å². The standard InChI is InChI=1S/C15H23ClN2.ClH/c1-11(14-4-3-5-15(16)7-14)9-18-10-13(8-17)6-12(18)2;/h3-5,7,11-13H,6,8-10,17H2,1-2H3;1H. The molecule has 4 heteroatoms. The third kappa shape index (κ3) is 4.35. The van der Waals surface area contributed by atoms with Crippen LogP contribution in [0.2, 0.25) is 5.02 Å². The van der Waals surface area contributed by atoms with E-state index in [0.29, 0.717) is 17.9 Å². The van der Waals surface area contributed by atoms with Crippen molar-refractivity contribution in [2.75, 3.05) is 19.6 Å². The molecule has 0 bridgehead atoms. The van der Waals surface area contributed by atoms with Gasteiger partial charge in [0.15, 0.2) is 0 Å². The first-order valence-electron chi connectivity index (χ1n) is 6.79. The van der Waals surface area contributed by atoms with Crippen LogP contribution in [0.1, 0.15) is 31.7 Å². The molecule has 0 aliphatic carbocycles. The summed E-state index contributed by atoms with van der Waals surface area (Å²) in [7, 11) is 0. The number of nitrogens with two attached hydrogens (primary N) is 1. The minimum absolute atomic E-state index is 0. The second-order valence-electron chi connectivity index (χ2n) is 5.60. The summed E-state index contributed by atoms with van der Waals surface area (Å²) in [6.07, 6.45) is 1.23. The van der Waals surface area contributed by atoms with Crippen molar-refractivity contribution in [3.05, 3.63) is 34.9 Å². The molecule has 0 saturated carbocycles. The summed E-state index contributed by atoms with van der Waals surface area (Å²) >= 11 is 6.05. The predicted octanol–water partition coefficient (Wildman–Crippen LogP) is 3.53. The maximum Gasteiger partial charge on any atom is 0.0408 e. The average Bonchev–Trinajstić information content (AvgIpc) is 2.70. The van der Waals surface area contributed by atoms with Gasteiger partial charge in [0.2, 0.25) is 0 Å². The van der Waals surface area contributed by atoms with Crippen molar-refractivity contribution in [3.8, 4) is 0 Å². The van der Waals surface area contributed by atoms with Crippen molar-refractivity contribution in [3.63, 3.8) is 0 Å². The summed E-state index contributed by atoms with van der Waals surface area (Å²) in [4.78, 5) is 2.56. The van der Waals surface area contributed by atoms with Crippen LogP contribution in [0.5, 0.6) is 0 Å². The van der Waals surface area contributed by atoms with E-state index in [4.69, 9.17) is 17.3 Å². The molecule has 1 aliphatic rings. The molecule has 108 valence electrons. The predicted molar refractivity (Wildman–Crippen MR) is 85.3 cm³/mol. The molecule has 1 aromatic rings. The van der Waals surface area contributed by atoms with Crippen LogP contribution < -0.4 is 5.73 Å². The molecular formula is C15H24Cl2N2. The van der Waals surface area contributed by atoms with E-state index in [1.165, 1.54) is 12.0 Å². The summed E-state index contributed by atoms with van der Waals surface area (Å²) in [6, 6.07) is 8.86. The average molecular weight is 303 g/mol. The van der Waals surface area contributed by atoms with Crippen LogP contribution in [0.3, 0.4) is 0 Å². The zero-order valence-corrected chi connectivity index (χ0v) is 13.3. The third-order valence-corrected chi connectivity index (χ3v) is 4.29. The van der Waals surface area contributed by atoms with Crippen molar-refractivity contribution in [2.24, 2.45) is 11.7 Å². The molecule has 1 fully saturated rings. The van der Waals surface area contributed by atoms with Crippen molar-refractivity contribution in [2.45, 2.75) is 32.2 Å². The maximum atomic E-state index is 6.05. The van der Waals surface area contributed by atoms with E-state index in [1.807, 2.05) is 12.1 Å². The van der Waals surface area contributed by atoms with Crippen molar-refractivity contribution in [1.82, 2.24) is 4.90 Å². The number of hydrogen-bond acceptors (Lipinski definition) is 2. The number of benzene rings is 1. The Bertz CT molecular complexity index is 397. The Labute approximate surface area is 127 Å². The first-order valence-corrected chi connectivity index (χ1v) is 7.17.